The van der Waals surface area contributed by atoms with Gasteiger partial charge in [0.05, 0.1) is 11.1 Å². The fourth-order valence-corrected chi connectivity index (χ4v) is 5.79. The van der Waals surface area contributed by atoms with E-state index in [1.807, 2.05) is 0 Å². The van der Waals surface area contributed by atoms with Crippen LogP contribution >= 0.6 is 11.3 Å². The monoisotopic (exact) mass is 542 g/mol. The van der Waals surface area contributed by atoms with E-state index in [-0.39, 0.29) is 11.1 Å². The average Bonchev–Trinajstić information content (AvgIpc) is 3.20. The number of fused-ring (bicyclic) bond motifs is 1. The smallest absolute Gasteiger partial charge is 0.416 e. The number of halogens is 3. The number of hydrogen-bond acceptors (Lipinski definition) is 5. The number of carbonyl (C=O) groups is 2. The van der Waals surface area contributed by atoms with Gasteiger partial charge in [-0.15, -0.1) is 11.3 Å². The molecule has 1 aliphatic rings. The van der Waals surface area contributed by atoms with Crippen molar-refractivity contribution in [3.05, 3.63) is 75.7 Å². The number of thiophene rings is 1. The minimum atomic E-state index is -4.51. The van der Waals surface area contributed by atoms with Crippen LogP contribution in [0.4, 0.5) is 23.9 Å². The zero-order valence-corrected chi connectivity index (χ0v) is 22.4. The molecule has 4 rings (SSSR count). The van der Waals surface area contributed by atoms with Gasteiger partial charge in [0.1, 0.15) is 10.8 Å². The summed E-state index contributed by atoms with van der Waals surface area (Å²) in [5.41, 5.74) is 1.41. The van der Waals surface area contributed by atoms with Crippen molar-refractivity contribution in [2.75, 3.05) is 5.32 Å². The van der Waals surface area contributed by atoms with Crippen LogP contribution in [0.3, 0.4) is 0 Å². The van der Waals surface area contributed by atoms with E-state index in [4.69, 9.17) is 4.74 Å². The van der Waals surface area contributed by atoms with Gasteiger partial charge in [-0.2, -0.15) is 13.2 Å². The number of benzene rings is 2. The molecule has 200 valence electrons. The number of nitrogens with zero attached hydrogens (tertiary/aromatic N) is 1. The van der Waals surface area contributed by atoms with Gasteiger partial charge in [-0.3, -0.25) is 9.59 Å². The SMILES string of the molecule is CC(=O)Oc1ccc(C=Nc2sc3c(c2C(=O)Nc2cccc(C(F)(F)F)c2)CC[C@H](C(C)(C)C)C3)cc1. The molecule has 0 saturated heterocycles. The average molecular weight is 543 g/mol. The van der Waals surface area contributed by atoms with Crippen molar-refractivity contribution in [2.24, 2.45) is 16.3 Å². The van der Waals surface area contributed by atoms with Gasteiger partial charge in [-0.1, -0.05) is 26.8 Å². The van der Waals surface area contributed by atoms with Crippen molar-refractivity contribution in [3.8, 4) is 5.75 Å². The van der Waals surface area contributed by atoms with Crippen LogP contribution in [-0.4, -0.2) is 18.1 Å². The van der Waals surface area contributed by atoms with Crippen LogP contribution in [0, 0.1) is 11.3 Å². The number of nitrogens with one attached hydrogen (secondary N) is 1. The number of esters is 1. The summed E-state index contributed by atoms with van der Waals surface area (Å²) in [7, 11) is 0. The molecule has 1 N–H and O–H groups in total. The zero-order chi connectivity index (χ0) is 27.7. The zero-order valence-electron chi connectivity index (χ0n) is 21.6. The Balaban J connectivity index is 1.67. The van der Waals surface area contributed by atoms with E-state index in [0.717, 1.165) is 41.0 Å². The summed E-state index contributed by atoms with van der Waals surface area (Å²) >= 11 is 1.45. The van der Waals surface area contributed by atoms with Gasteiger partial charge in [-0.25, -0.2) is 4.99 Å². The van der Waals surface area contributed by atoms with E-state index in [1.165, 1.54) is 30.4 Å². The standard InChI is InChI=1S/C29H29F3N2O3S/c1-17(35)37-22-11-8-18(9-12-22)16-33-27-25(23-13-10-19(28(2,3)4)15-24(23)38-27)26(36)34-21-7-5-6-20(14-21)29(30,31)32/h5-9,11-12,14,16,19H,10,13,15H2,1-4H3,(H,34,36)/t19-/m0/s1. The second-order valence-corrected chi connectivity index (χ2v) is 11.5. The molecule has 9 heteroatoms. The number of carbonyl (C=O) groups excluding carboxylic acids is 2. The second-order valence-electron chi connectivity index (χ2n) is 10.4. The lowest BCUT2D eigenvalue weighted by Crippen LogP contribution is -2.27. The molecule has 3 aromatic rings. The highest BCUT2D eigenvalue weighted by molar-refractivity contribution is 7.16. The Kier molecular flexibility index (Phi) is 7.78. The number of aliphatic imine (C=N–C) groups is 1. The summed E-state index contributed by atoms with van der Waals surface area (Å²) in [6.45, 7) is 7.94. The van der Waals surface area contributed by atoms with E-state index in [0.29, 0.717) is 28.7 Å². The lowest BCUT2D eigenvalue weighted by atomic mass is 9.72. The molecule has 38 heavy (non-hydrogen) atoms. The van der Waals surface area contributed by atoms with Gasteiger partial charge < -0.3 is 10.1 Å². The first-order valence-corrected chi connectivity index (χ1v) is 13.1. The molecule has 0 spiro atoms. The number of hydrogen-bond donors (Lipinski definition) is 1. The Morgan fingerprint density at radius 1 is 1.11 bits per heavy atom. The van der Waals surface area contributed by atoms with Crippen LogP contribution in [0.2, 0.25) is 0 Å². The highest BCUT2D eigenvalue weighted by atomic mass is 32.1. The highest BCUT2D eigenvalue weighted by Crippen LogP contribution is 2.45. The lowest BCUT2D eigenvalue weighted by molar-refractivity contribution is -0.137. The van der Waals surface area contributed by atoms with Crippen molar-refractivity contribution >= 4 is 40.1 Å². The Morgan fingerprint density at radius 2 is 1.82 bits per heavy atom. The maximum Gasteiger partial charge on any atom is 0.416 e. The summed E-state index contributed by atoms with van der Waals surface area (Å²) in [4.78, 5) is 30.3. The summed E-state index contributed by atoms with van der Waals surface area (Å²) in [6, 6.07) is 11.4. The third-order valence-electron chi connectivity index (χ3n) is 6.62. The first-order valence-electron chi connectivity index (χ1n) is 12.3. The normalized spacial score (nSPS) is 15.8. The highest BCUT2D eigenvalue weighted by Gasteiger charge is 2.34. The van der Waals surface area contributed by atoms with Crippen molar-refractivity contribution in [2.45, 2.75) is 53.1 Å². The number of rotatable bonds is 5. The molecule has 0 saturated carbocycles. The largest absolute Gasteiger partial charge is 0.427 e. The minimum absolute atomic E-state index is 0.0733. The number of alkyl halides is 3. The van der Waals surface area contributed by atoms with Gasteiger partial charge in [0.15, 0.2) is 0 Å². The maximum atomic E-state index is 13.5. The molecular weight excluding hydrogens is 513 g/mol. The fraction of sp³-hybridized carbons (Fsp3) is 0.345. The Labute approximate surface area is 223 Å². The second kappa shape index (κ2) is 10.7. The molecule has 1 atom stereocenters. The predicted molar refractivity (Wildman–Crippen MR) is 144 cm³/mol. The maximum absolute atomic E-state index is 13.5. The Hall–Kier alpha value is -3.46. The molecular formula is C29H29F3N2O3S. The van der Waals surface area contributed by atoms with Gasteiger partial charge >= 0.3 is 12.1 Å². The fourth-order valence-electron chi connectivity index (χ4n) is 4.52. The van der Waals surface area contributed by atoms with Crippen LogP contribution in [0.15, 0.2) is 53.5 Å². The van der Waals surface area contributed by atoms with Crippen LogP contribution in [0.5, 0.6) is 5.75 Å². The molecule has 0 fully saturated rings. The Morgan fingerprint density at radius 3 is 2.45 bits per heavy atom. The van der Waals surface area contributed by atoms with Crippen molar-refractivity contribution in [1.29, 1.82) is 0 Å². The van der Waals surface area contributed by atoms with Gasteiger partial charge in [-0.05, 0) is 84.2 Å². The molecule has 2 aromatic carbocycles. The van der Waals surface area contributed by atoms with Crippen LogP contribution in [-0.2, 0) is 23.8 Å². The molecule has 0 aliphatic heterocycles. The molecule has 0 radical (unpaired) electrons. The number of amides is 1. The predicted octanol–water partition coefficient (Wildman–Crippen LogP) is 7.85. The third kappa shape index (κ3) is 6.51. The molecule has 1 heterocycles. The number of ether oxygens (including phenoxy) is 1. The van der Waals surface area contributed by atoms with Crippen molar-refractivity contribution in [1.82, 2.24) is 0 Å². The van der Waals surface area contributed by atoms with E-state index < -0.39 is 23.6 Å². The van der Waals surface area contributed by atoms with Crippen molar-refractivity contribution < 1.29 is 27.5 Å². The molecule has 1 amide bonds. The topological polar surface area (TPSA) is 67.8 Å². The van der Waals surface area contributed by atoms with E-state index in [9.17, 15) is 22.8 Å². The molecule has 0 unspecified atom stereocenters. The minimum Gasteiger partial charge on any atom is -0.427 e. The Bertz CT molecular complexity index is 1370. The summed E-state index contributed by atoms with van der Waals surface area (Å²) in [6.07, 6.45) is -0.453. The summed E-state index contributed by atoms with van der Waals surface area (Å²) in [5, 5.41) is 3.17. The molecule has 1 aromatic heterocycles. The van der Waals surface area contributed by atoms with Gasteiger partial charge in [0.2, 0.25) is 0 Å². The third-order valence-corrected chi connectivity index (χ3v) is 7.78. The van der Waals surface area contributed by atoms with Gasteiger partial charge in [0, 0.05) is 23.7 Å². The summed E-state index contributed by atoms with van der Waals surface area (Å²) in [5.74, 6) is -0.0387. The van der Waals surface area contributed by atoms with Crippen LogP contribution in [0.25, 0.3) is 0 Å². The van der Waals surface area contributed by atoms with E-state index >= 15 is 0 Å². The molecule has 1 aliphatic carbocycles. The molecule has 0 bridgehead atoms. The van der Waals surface area contributed by atoms with Crippen LogP contribution < -0.4 is 10.1 Å². The van der Waals surface area contributed by atoms with Gasteiger partial charge in [0.25, 0.3) is 5.91 Å². The lowest BCUT2D eigenvalue weighted by Gasteiger charge is -2.33. The first kappa shape index (κ1) is 27.6. The van der Waals surface area contributed by atoms with E-state index in [2.05, 4.69) is 31.1 Å². The van der Waals surface area contributed by atoms with Crippen LogP contribution in [0.1, 0.15) is 66.0 Å². The molecule has 5 nitrogen and oxygen atoms in total. The van der Waals surface area contributed by atoms with E-state index in [1.54, 1.807) is 30.5 Å². The first-order chi connectivity index (χ1) is 17.8. The number of anilines is 1. The quantitative estimate of drug-likeness (QED) is 0.203. The van der Waals surface area contributed by atoms with Crippen molar-refractivity contribution in [3.63, 3.8) is 0 Å². The summed E-state index contributed by atoms with van der Waals surface area (Å²) < 4.78 is 44.6.